The van der Waals surface area contributed by atoms with Crippen LogP contribution in [0.4, 0.5) is 4.79 Å². The van der Waals surface area contributed by atoms with Gasteiger partial charge in [0, 0.05) is 29.9 Å². The third-order valence-electron chi connectivity index (χ3n) is 8.90. The number of alkyl carbamates (subject to hydrolysis) is 1. The highest BCUT2D eigenvalue weighted by Crippen LogP contribution is 2.46. The first-order valence-electron chi connectivity index (χ1n) is 16.5. The molecule has 1 saturated carbocycles. The minimum Gasteiger partial charge on any atom is -0.444 e. The Hall–Kier alpha value is -4.48. The molecule has 1 atom stereocenters. The third kappa shape index (κ3) is 8.32. The fourth-order valence-electron chi connectivity index (χ4n) is 6.00. The molecule has 1 unspecified atom stereocenters. The van der Waals surface area contributed by atoms with Crippen LogP contribution >= 0.6 is 0 Å². The SMILES string of the molecule is CC(C)(C)OC(=O)NCc1n[nH]c(=O)c2ccc(C3(C=O)CC3)cc12.CN(Cc1ccc(C(C)(C)O)cn1)C1CCCc2cccnc21. The zero-order valence-electron chi connectivity index (χ0n) is 28.7. The van der Waals surface area contributed by atoms with Gasteiger partial charge >= 0.3 is 6.09 Å². The summed E-state index contributed by atoms with van der Waals surface area (Å²) in [6, 6.07) is 13.9. The Bertz CT molecular complexity index is 1820. The number of nitrogens with one attached hydrogen (secondary N) is 2. The molecule has 0 spiro atoms. The van der Waals surface area contributed by atoms with Crippen LogP contribution in [0.25, 0.3) is 10.8 Å². The van der Waals surface area contributed by atoms with Gasteiger partial charge in [-0.05, 0) is 109 Å². The lowest BCUT2D eigenvalue weighted by atomic mass is 9.91. The van der Waals surface area contributed by atoms with Gasteiger partial charge in [0.15, 0.2) is 0 Å². The van der Waals surface area contributed by atoms with E-state index in [1.165, 1.54) is 17.7 Å². The van der Waals surface area contributed by atoms with E-state index in [4.69, 9.17) is 4.74 Å². The number of ether oxygens (including phenoxy) is 1. The Kier molecular flexibility index (Phi) is 10.1. The van der Waals surface area contributed by atoms with Crippen molar-refractivity contribution in [2.24, 2.45) is 0 Å². The van der Waals surface area contributed by atoms with Gasteiger partial charge in [-0.2, -0.15) is 5.10 Å². The van der Waals surface area contributed by atoms with Crippen LogP contribution < -0.4 is 10.9 Å². The lowest BCUT2D eigenvalue weighted by Crippen LogP contribution is -2.32. The molecule has 0 saturated heterocycles. The molecule has 48 heavy (non-hydrogen) atoms. The van der Waals surface area contributed by atoms with E-state index in [9.17, 15) is 19.5 Å². The van der Waals surface area contributed by atoms with Crippen LogP contribution in [-0.4, -0.2) is 55.2 Å². The maximum Gasteiger partial charge on any atom is 0.407 e. The highest BCUT2D eigenvalue weighted by molar-refractivity contribution is 5.86. The van der Waals surface area contributed by atoms with Crippen molar-refractivity contribution in [1.29, 1.82) is 0 Å². The number of aromatic amines is 1. The number of aliphatic hydroxyl groups is 1. The maximum atomic E-state index is 12.0. The predicted octanol–water partition coefficient (Wildman–Crippen LogP) is 5.39. The number of H-pyrrole nitrogens is 1. The van der Waals surface area contributed by atoms with E-state index in [0.29, 0.717) is 22.5 Å². The van der Waals surface area contributed by atoms with Crippen LogP contribution in [0.15, 0.2) is 59.7 Å². The fraction of sp³-hybridized carbons (Fsp3) is 0.459. The number of carbonyl (C=O) groups excluding carboxylic acids is 2. The average molecular weight is 655 g/mol. The molecule has 4 aromatic rings. The second-order valence-corrected chi connectivity index (χ2v) is 14.4. The van der Waals surface area contributed by atoms with Crippen LogP contribution in [0.5, 0.6) is 0 Å². The second kappa shape index (κ2) is 13.9. The quantitative estimate of drug-likeness (QED) is 0.213. The Morgan fingerprint density at radius 1 is 1.12 bits per heavy atom. The first-order chi connectivity index (χ1) is 22.7. The first-order valence-corrected chi connectivity index (χ1v) is 16.5. The molecule has 1 amide bonds. The Balaban J connectivity index is 0.000000188. The van der Waals surface area contributed by atoms with Gasteiger partial charge in [0.05, 0.1) is 46.1 Å². The van der Waals surface area contributed by atoms with E-state index in [-0.39, 0.29) is 12.1 Å². The van der Waals surface area contributed by atoms with Crippen molar-refractivity contribution < 1.29 is 19.4 Å². The van der Waals surface area contributed by atoms with E-state index < -0.39 is 22.7 Å². The molecular weight excluding hydrogens is 608 g/mol. The number of aryl methyl sites for hydroxylation is 1. The Morgan fingerprint density at radius 3 is 2.54 bits per heavy atom. The zero-order chi connectivity index (χ0) is 34.7. The molecule has 0 bridgehead atoms. The smallest absolute Gasteiger partial charge is 0.407 e. The van der Waals surface area contributed by atoms with Gasteiger partial charge < -0.3 is 20.0 Å². The molecule has 3 aromatic heterocycles. The summed E-state index contributed by atoms with van der Waals surface area (Å²) in [7, 11) is 2.14. The molecule has 3 N–H and O–H groups in total. The van der Waals surface area contributed by atoms with E-state index >= 15 is 0 Å². The molecule has 254 valence electrons. The normalized spacial score (nSPS) is 16.8. The molecule has 1 fully saturated rings. The summed E-state index contributed by atoms with van der Waals surface area (Å²) in [6.07, 6.45) is 9.17. The van der Waals surface area contributed by atoms with Crippen LogP contribution in [0.2, 0.25) is 0 Å². The number of aldehydes is 1. The van der Waals surface area contributed by atoms with Gasteiger partial charge in [-0.1, -0.05) is 18.2 Å². The van der Waals surface area contributed by atoms with Gasteiger partial charge in [-0.3, -0.25) is 19.7 Å². The second-order valence-electron chi connectivity index (χ2n) is 14.4. The van der Waals surface area contributed by atoms with Crippen molar-refractivity contribution in [3.8, 4) is 0 Å². The van der Waals surface area contributed by atoms with Crippen molar-refractivity contribution in [3.05, 3.63) is 99.0 Å². The standard InChI is InChI=1S/C19H25N3O.C18H21N3O4/c1-19(2,23)15-9-10-16(21-12-15)13-22(3)17-8-4-6-14-7-5-11-20-18(14)17;1-17(2,3)25-16(24)19-9-14-13-8-11(18(10-22)6-7-18)4-5-12(13)15(23)21-20-14/h5,7,9-12,17,23H,4,6,8,13H2,1-3H3;4-5,8,10H,6-7,9H2,1-3H3,(H,19,24)(H,21,23). The molecule has 2 aliphatic rings. The largest absolute Gasteiger partial charge is 0.444 e. The number of rotatable bonds is 8. The van der Waals surface area contributed by atoms with Crippen molar-refractivity contribution in [2.45, 2.75) is 102 Å². The molecule has 1 aromatic carbocycles. The molecule has 11 heteroatoms. The monoisotopic (exact) mass is 654 g/mol. The highest BCUT2D eigenvalue weighted by atomic mass is 16.6. The summed E-state index contributed by atoms with van der Waals surface area (Å²) >= 11 is 0. The number of carbonyl (C=O) groups is 2. The summed E-state index contributed by atoms with van der Waals surface area (Å²) < 4.78 is 5.20. The number of hydrogen-bond donors (Lipinski definition) is 3. The summed E-state index contributed by atoms with van der Waals surface area (Å²) in [5.74, 6) is 0. The van der Waals surface area contributed by atoms with Crippen molar-refractivity contribution in [1.82, 2.24) is 30.4 Å². The topological polar surface area (TPSA) is 150 Å². The average Bonchev–Trinajstić information content (AvgIpc) is 3.85. The van der Waals surface area contributed by atoms with Crippen LogP contribution in [0.1, 0.15) is 100 Å². The first kappa shape index (κ1) is 34.8. The number of hydrogen-bond acceptors (Lipinski definition) is 9. The highest BCUT2D eigenvalue weighted by Gasteiger charge is 2.44. The number of fused-ring (bicyclic) bond motifs is 2. The van der Waals surface area contributed by atoms with Gasteiger partial charge in [-0.25, -0.2) is 9.89 Å². The lowest BCUT2D eigenvalue weighted by Gasteiger charge is -2.32. The maximum absolute atomic E-state index is 12.0. The van der Waals surface area contributed by atoms with Crippen molar-refractivity contribution in [2.75, 3.05) is 7.05 Å². The van der Waals surface area contributed by atoms with E-state index in [2.05, 4.69) is 43.5 Å². The van der Waals surface area contributed by atoms with Crippen LogP contribution in [0, 0.1) is 0 Å². The van der Waals surface area contributed by atoms with E-state index in [1.807, 2.05) is 36.5 Å². The minimum absolute atomic E-state index is 0.111. The summed E-state index contributed by atoms with van der Waals surface area (Å²) in [6.45, 7) is 9.79. The Morgan fingerprint density at radius 2 is 1.90 bits per heavy atom. The molecule has 3 heterocycles. The lowest BCUT2D eigenvalue weighted by molar-refractivity contribution is -0.109. The molecule has 11 nitrogen and oxygen atoms in total. The molecule has 0 aliphatic heterocycles. The van der Waals surface area contributed by atoms with E-state index in [0.717, 1.165) is 55.3 Å². The minimum atomic E-state index is -0.844. The predicted molar refractivity (Wildman–Crippen MR) is 183 cm³/mol. The Labute approximate surface area is 281 Å². The number of aromatic nitrogens is 4. The van der Waals surface area contributed by atoms with Gasteiger partial charge in [0.2, 0.25) is 0 Å². The van der Waals surface area contributed by atoms with Gasteiger partial charge in [-0.15, -0.1) is 0 Å². The number of nitrogens with zero attached hydrogens (tertiary/aromatic N) is 4. The van der Waals surface area contributed by atoms with Gasteiger partial charge in [0.25, 0.3) is 5.56 Å². The molecule has 6 rings (SSSR count). The van der Waals surface area contributed by atoms with Crippen molar-refractivity contribution in [3.63, 3.8) is 0 Å². The third-order valence-corrected chi connectivity index (χ3v) is 8.90. The van der Waals surface area contributed by atoms with Crippen molar-refractivity contribution >= 4 is 23.2 Å². The number of pyridine rings is 2. The van der Waals surface area contributed by atoms with Gasteiger partial charge in [0.1, 0.15) is 11.9 Å². The summed E-state index contributed by atoms with van der Waals surface area (Å²) in [5, 5.41) is 20.2. The van der Waals surface area contributed by atoms with Crippen LogP contribution in [0.3, 0.4) is 0 Å². The van der Waals surface area contributed by atoms with Crippen LogP contribution in [-0.2, 0) is 40.1 Å². The fourth-order valence-corrected chi connectivity index (χ4v) is 6.00. The molecule has 0 radical (unpaired) electrons. The van der Waals surface area contributed by atoms with E-state index in [1.54, 1.807) is 46.9 Å². The zero-order valence-corrected chi connectivity index (χ0v) is 28.7. The number of amides is 1. The molecular formula is C37H46N6O5. The summed E-state index contributed by atoms with van der Waals surface area (Å²) in [5.41, 5.74) is 3.66. The molecule has 2 aliphatic carbocycles. The summed E-state index contributed by atoms with van der Waals surface area (Å²) in [4.78, 5) is 46.7. The number of benzene rings is 1.